The molecule has 0 spiro atoms. The third kappa shape index (κ3) is 1.43. The van der Waals surface area contributed by atoms with Crippen molar-refractivity contribution in [3.05, 3.63) is 52.6 Å². The molecule has 100 valence electrons. The maximum atomic E-state index is 12.6. The Kier molecular flexibility index (Phi) is 2.50. The zero-order valence-corrected chi connectivity index (χ0v) is 10.7. The van der Waals surface area contributed by atoms with Gasteiger partial charge >= 0.3 is 0 Å². The van der Waals surface area contributed by atoms with Gasteiger partial charge in [-0.2, -0.15) is 0 Å². The summed E-state index contributed by atoms with van der Waals surface area (Å²) in [6.07, 6.45) is 0. The van der Waals surface area contributed by atoms with Crippen LogP contribution in [0.25, 0.3) is 0 Å². The Hall–Kier alpha value is -2.82. The molecule has 0 bridgehead atoms. The monoisotopic (exact) mass is 268 g/mol. The van der Waals surface area contributed by atoms with Crippen molar-refractivity contribution in [3.63, 3.8) is 0 Å². The second-order valence-electron chi connectivity index (χ2n) is 4.57. The van der Waals surface area contributed by atoms with Gasteiger partial charge in [-0.1, -0.05) is 24.3 Å². The van der Waals surface area contributed by atoms with Gasteiger partial charge in [0.25, 0.3) is 0 Å². The van der Waals surface area contributed by atoms with E-state index >= 15 is 0 Å². The molecule has 0 saturated heterocycles. The molecule has 1 aliphatic carbocycles. The van der Waals surface area contributed by atoms with Gasteiger partial charge in [0, 0.05) is 23.7 Å². The van der Waals surface area contributed by atoms with Gasteiger partial charge in [0.05, 0.1) is 16.9 Å². The number of hydrogen-bond acceptors (Lipinski definition) is 5. The molecule has 0 fully saturated rings. The fourth-order valence-corrected chi connectivity index (χ4v) is 2.51. The van der Waals surface area contributed by atoms with Crippen molar-refractivity contribution in [3.8, 4) is 5.75 Å². The number of phenols is 1. The van der Waals surface area contributed by atoms with Gasteiger partial charge in [0.15, 0.2) is 17.3 Å². The summed E-state index contributed by atoms with van der Waals surface area (Å²) in [6.45, 7) is 0. The van der Waals surface area contributed by atoms with Gasteiger partial charge < -0.3 is 16.2 Å². The summed E-state index contributed by atoms with van der Waals surface area (Å²) in [5, 5.41) is 12.7. The van der Waals surface area contributed by atoms with E-state index in [0.29, 0.717) is 11.1 Å². The predicted molar refractivity (Wildman–Crippen MR) is 75.4 cm³/mol. The van der Waals surface area contributed by atoms with E-state index in [9.17, 15) is 14.7 Å². The molecular weight excluding hydrogens is 256 g/mol. The Balaban J connectivity index is 2.39. The smallest absolute Gasteiger partial charge is 0.196 e. The van der Waals surface area contributed by atoms with Crippen LogP contribution in [0.15, 0.2) is 30.3 Å². The third-order valence-electron chi connectivity index (χ3n) is 3.47. The number of ketones is 2. The van der Waals surface area contributed by atoms with Gasteiger partial charge in [0.2, 0.25) is 0 Å². The topological polar surface area (TPSA) is 92.4 Å². The quantitative estimate of drug-likeness (QED) is 0.462. The predicted octanol–water partition coefficient (Wildman–Crippen LogP) is 1.79. The second kappa shape index (κ2) is 4.09. The van der Waals surface area contributed by atoms with Gasteiger partial charge in [-0.05, 0) is 6.07 Å². The minimum absolute atomic E-state index is 0.0635. The molecule has 0 radical (unpaired) electrons. The Morgan fingerprint density at radius 3 is 2.25 bits per heavy atom. The maximum absolute atomic E-state index is 12.6. The number of nitrogens with one attached hydrogen (secondary N) is 1. The Morgan fingerprint density at radius 2 is 1.65 bits per heavy atom. The molecule has 0 amide bonds. The van der Waals surface area contributed by atoms with Crippen molar-refractivity contribution >= 4 is 22.9 Å². The van der Waals surface area contributed by atoms with Gasteiger partial charge in [-0.25, -0.2) is 0 Å². The lowest BCUT2D eigenvalue weighted by atomic mass is 9.82. The molecule has 1 aliphatic rings. The number of rotatable bonds is 1. The van der Waals surface area contributed by atoms with Crippen molar-refractivity contribution in [1.29, 1.82) is 0 Å². The van der Waals surface area contributed by atoms with E-state index in [1.165, 1.54) is 6.07 Å². The standard InChI is InChI=1S/C15H12N2O3/c1-17-12-11-9(6-10(16)15(12)20)13(18)7-4-2-3-5-8(7)14(11)19/h2-6,17,20H,16H2,1H3. The highest BCUT2D eigenvalue weighted by atomic mass is 16.3. The Morgan fingerprint density at radius 1 is 1.05 bits per heavy atom. The first-order valence-corrected chi connectivity index (χ1v) is 6.08. The van der Waals surface area contributed by atoms with Crippen LogP contribution in [0, 0.1) is 0 Å². The Labute approximate surface area is 115 Å². The number of hydrogen-bond donors (Lipinski definition) is 3. The molecule has 20 heavy (non-hydrogen) atoms. The highest BCUT2D eigenvalue weighted by Crippen LogP contribution is 2.40. The summed E-state index contributed by atoms with van der Waals surface area (Å²) in [4.78, 5) is 25.0. The summed E-state index contributed by atoms with van der Waals surface area (Å²) >= 11 is 0. The molecule has 5 heteroatoms. The van der Waals surface area contributed by atoms with Crippen LogP contribution in [0.5, 0.6) is 5.75 Å². The molecule has 0 atom stereocenters. The first-order chi connectivity index (χ1) is 9.56. The fraction of sp³-hybridized carbons (Fsp3) is 0.0667. The summed E-state index contributed by atoms with van der Waals surface area (Å²) in [7, 11) is 1.56. The highest BCUT2D eigenvalue weighted by Gasteiger charge is 2.33. The lowest BCUT2D eigenvalue weighted by Crippen LogP contribution is -2.22. The van der Waals surface area contributed by atoms with E-state index in [1.54, 1.807) is 31.3 Å². The number of carbonyl (C=O) groups excluding carboxylic acids is 2. The van der Waals surface area contributed by atoms with E-state index in [1.807, 2.05) is 0 Å². The molecule has 0 aromatic heterocycles. The first kappa shape index (κ1) is 12.2. The number of fused-ring (bicyclic) bond motifs is 2. The number of nitrogens with two attached hydrogens (primary N) is 1. The zero-order chi connectivity index (χ0) is 14.4. The van der Waals surface area contributed by atoms with E-state index in [-0.39, 0.29) is 39.8 Å². The summed E-state index contributed by atoms with van der Waals surface area (Å²) in [6, 6.07) is 7.97. The lowest BCUT2D eigenvalue weighted by Gasteiger charge is -2.21. The first-order valence-electron chi connectivity index (χ1n) is 6.08. The van der Waals surface area contributed by atoms with Crippen molar-refractivity contribution < 1.29 is 14.7 Å². The van der Waals surface area contributed by atoms with Crippen LogP contribution in [0.2, 0.25) is 0 Å². The molecule has 4 N–H and O–H groups in total. The number of phenolic OH excluding ortho intramolecular Hbond substituents is 1. The van der Waals surface area contributed by atoms with Crippen LogP contribution >= 0.6 is 0 Å². The van der Waals surface area contributed by atoms with Crippen LogP contribution in [0.1, 0.15) is 31.8 Å². The largest absolute Gasteiger partial charge is 0.504 e. The molecule has 2 aromatic carbocycles. The van der Waals surface area contributed by atoms with Crippen LogP contribution in [0.4, 0.5) is 11.4 Å². The van der Waals surface area contributed by atoms with Crippen LogP contribution in [0.3, 0.4) is 0 Å². The van der Waals surface area contributed by atoms with Gasteiger partial charge in [0.1, 0.15) is 0 Å². The SMILES string of the molecule is CNc1c(O)c(N)cc2c1C(=O)c1ccccc1C2=O. The minimum atomic E-state index is -0.296. The number of anilines is 2. The number of aromatic hydroxyl groups is 1. The molecule has 5 nitrogen and oxygen atoms in total. The fourth-order valence-electron chi connectivity index (χ4n) is 2.51. The van der Waals surface area contributed by atoms with Crippen molar-refractivity contribution in [2.45, 2.75) is 0 Å². The molecule has 2 aromatic rings. The average Bonchev–Trinajstić information content (AvgIpc) is 2.47. The highest BCUT2D eigenvalue weighted by molar-refractivity contribution is 6.30. The van der Waals surface area contributed by atoms with Crippen LogP contribution in [-0.2, 0) is 0 Å². The Bertz CT molecular complexity index is 766. The molecule has 0 heterocycles. The van der Waals surface area contributed by atoms with E-state index < -0.39 is 0 Å². The number of carbonyl (C=O) groups is 2. The molecule has 0 aliphatic heterocycles. The average molecular weight is 268 g/mol. The normalized spacial score (nSPS) is 12.8. The van der Waals surface area contributed by atoms with Crippen molar-refractivity contribution in [1.82, 2.24) is 0 Å². The molecule has 3 rings (SSSR count). The van der Waals surface area contributed by atoms with Crippen LogP contribution < -0.4 is 11.1 Å². The number of nitrogen functional groups attached to an aromatic ring is 1. The summed E-state index contributed by atoms with van der Waals surface area (Å²) in [5.41, 5.74) is 7.03. The van der Waals surface area contributed by atoms with Crippen molar-refractivity contribution in [2.75, 3.05) is 18.1 Å². The minimum Gasteiger partial charge on any atom is -0.504 e. The second-order valence-corrected chi connectivity index (χ2v) is 4.57. The van der Waals surface area contributed by atoms with Gasteiger partial charge in [-0.15, -0.1) is 0 Å². The number of benzene rings is 2. The van der Waals surface area contributed by atoms with E-state index in [4.69, 9.17) is 5.73 Å². The summed E-state index contributed by atoms with van der Waals surface area (Å²) in [5.74, 6) is -0.778. The zero-order valence-electron chi connectivity index (χ0n) is 10.7. The van der Waals surface area contributed by atoms with E-state index in [2.05, 4.69) is 5.32 Å². The molecular formula is C15H12N2O3. The third-order valence-corrected chi connectivity index (χ3v) is 3.47. The van der Waals surface area contributed by atoms with Crippen molar-refractivity contribution in [2.24, 2.45) is 0 Å². The summed E-state index contributed by atoms with van der Waals surface area (Å²) < 4.78 is 0. The molecule has 0 saturated carbocycles. The van der Waals surface area contributed by atoms with Crippen LogP contribution in [-0.4, -0.2) is 23.7 Å². The molecule has 0 unspecified atom stereocenters. The van der Waals surface area contributed by atoms with E-state index in [0.717, 1.165) is 0 Å². The maximum Gasteiger partial charge on any atom is 0.196 e. The lowest BCUT2D eigenvalue weighted by molar-refractivity contribution is 0.0979. The van der Waals surface area contributed by atoms with Gasteiger partial charge in [-0.3, -0.25) is 9.59 Å².